The molecule has 6 nitrogen and oxygen atoms in total. The Balaban J connectivity index is 2.35. The van der Waals surface area contributed by atoms with Crippen LogP contribution in [0.1, 0.15) is 24.1 Å². The lowest BCUT2D eigenvalue weighted by Gasteiger charge is -2.31. The summed E-state index contributed by atoms with van der Waals surface area (Å²) < 4.78 is 32.5. The summed E-state index contributed by atoms with van der Waals surface area (Å²) >= 11 is 0. The molecule has 0 spiro atoms. The standard InChI is InChI=1S/C11H19N3O3S/c1-4-18(15,16)14-6-9-5-12-13(2)11(9)10(7-14)8-17-3/h5,10H,4,6-8H2,1-3H3/t10-/m0/s1. The monoisotopic (exact) mass is 273 g/mol. The van der Waals surface area contributed by atoms with Crippen LogP contribution in [0, 0.1) is 0 Å². The highest BCUT2D eigenvalue weighted by molar-refractivity contribution is 7.89. The van der Waals surface area contributed by atoms with Crippen LogP contribution < -0.4 is 0 Å². The van der Waals surface area contributed by atoms with Crippen LogP contribution in [0.15, 0.2) is 6.20 Å². The Hall–Kier alpha value is -0.920. The highest BCUT2D eigenvalue weighted by atomic mass is 32.2. The van der Waals surface area contributed by atoms with Gasteiger partial charge in [0.15, 0.2) is 0 Å². The molecule has 0 saturated heterocycles. The molecule has 2 heterocycles. The molecule has 18 heavy (non-hydrogen) atoms. The second-order valence-electron chi connectivity index (χ2n) is 4.52. The van der Waals surface area contributed by atoms with E-state index in [0.29, 0.717) is 19.7 Å². The van der Waals surface area contributed by atoms with Gasteiger partial charge in [-0.15, -0.1) is 0 Å². The fraction of sp³-hybridized carbons (Fsp3) is 0.727. The molecule has 0 saturated carbocycles. The van der Waals surface area contributed by atoms with Crippen LogP contribution in [-0.4, -0.2) is 48.5 Å². The van der Waals surface area contributed by atoms with Gasteiger partial charge in [-0.05, 0) is 6.92 Å². The molecule has 1 aromatic heterocycles. The third-order valence-corrected chi connectivity index (χ3v) is 5.14. The third-order valence-electron chi connectivity index (χ3n) is 3.35. The Morgan fingerprint density at radius 3 is 2.89 bits per heavy atom. The molecule has 0 aromatic carbocycles. The largest absolute Gasteiger partial charge is 0.384 e. The van der Waals surface area contributed by atoms with Gasteiger partial charge in [-0.2, -0.15) is 9.40 Å². The van der Waals surface area contributed by atoms with Gasteiger partial charge >= 0.3 is 0 Å². The van der Waals surface area contributed by atoms with E-state index < -0.39 is 10.0 Å². The van der Waals surface area contributed by atoms with E-state index in [1.807, 2.05) is 11.7 Å². The summed E-state index contributed by atoms with van der Waals surface area (Å²) in [6.07, 6.45) is 1.75. The van der Waals surface area contributed by atoms with Crippen molar-refractivity contribution in [3.8, 4) is 0 Å². The van der Waals surface area contributed by atoms with E-state index in [4.69, 9.17) is 4.74 Å². The van der Waals surface area contributed by atoms with Crippen molar-refractivity contribution in [1.29, 1.82) is 0 Å². The minimum atomic E-state index is -3.17. The van der Waals surface area contributed by atoms with E-state index in [-0.39, 0.29) is 11.7 Å². The predicted molar refractivity (Wildman–Crippen MR) is 67.7 cm³/mol. The van der Waals surface area contributed by atoms with Crippen LogP contribution in [0.25, 0.3) is 0 Å². The zero-order chi connectivity index (χ0) is 13.3. The first-order valence-electron chi connectivity index (χ1n) is 5.97. The summed E-state index contributed by atoms with van der Waals surface area (Å²) in [5.41, 5.74) is 2.06. The maximum Gasteiger partial charge on any atom is 0.214 e. The minimum absolute atomic E-state index is 0.0487. The quantitative estimate of drug-likeness (QED) is 0.792. The van der Waals surface area contributed by atoms with E-state index >= 15 is 0 Å². The SMILES string of the molecule is CCS(=O)(=O)N1Cc2cnn(C)c2[C@H](COC)C1. The van der Waals surface area contributed by atoms with Crippen LogP contribution in [0.2, 0.25) is 0 Å². The van der Waals surface area contributed by atoms with E-state index in [9.17, 15) is 8.42 Å². The lowest BCUT2D eigenvalue weighted by Crippen LogP contribution is -2.40. The second-order valence-corrected chi connectivity index (χ2v) is 6.78. The summed E-state index contributed by atoms with van der Waals surface area (Å²) in [5.74, 6) is 0.176. The van der Waals surface area contributed by atoms with Crippen molar-refractivity contribution in [2.45, 2.75) is 19.4 Å². The van der Waals surface area contributed by atoms with Crippen molar-refractivity contribution >= 4 is 10.0 Å². The van der Waals surface area contributed by atoms with Crippen LogP contribution in [0.3, 0.4) is 0 Å². The molecule has 0 unspecified atom stereocenters. The molecule has 0 aliphatic carbocycles. The second kappa shape index (κ2) is 4.99. The van der Waals surface area contributed by atoms with Gasteiger partial charge in [0.05, 0.1) is 18.6 Å². The Labute approximate surface area is 108 Å². The summed E-state index contributed by atoms with van der Waals surface area (Å²) in [6.45, 7) is 3.05. The van der Waals surface area contributed by atoms with E-state index in [1.165, 1.54) is 4.31 Å². The van der Waals surface area contributed by atoms with E-state index in [0.717, 1.165) is 11.3 Å². The smallest absolute Gasteiger partial charge is 0.214 e. The van der Waals surface area contributed by atoms with Crippen LogP contribution in [0.4, 0.5) is 0 Å². The zero-order valence-corrected chi connectivity index (χ0v) is 11.8. The highest BCUT2D eigenvalue weighted by Gasteiger charge is 2.33. The first-order valence-corrected chi connectivity index (χ1v) is 7.58. The van der Waals surface area contributed by atoms with Crippen molar-refractivity contribution in [3.63, 3.8) is 0 Å². The maximum absolute atomic E-state index is 12.0. The number of hydrogen-bond acceptors (Lipinski definition) is 4. The first kappa shape index (κ1) is 13.5. The summed E-state index contributed by atoms with van der Waals surface area (Å²) in [5, 5.41) is 4.21. The van der Waals surface area contributed by atoms with Gasteiger partial charge in [0.2, 0.25) is 10.0 Å². The fourth-order valence-corrected chi connectivity index (χ4v) is 3.56. The number of sulfonamides is 1. The van der Waals surface area contributed by atoms with Crippen molar-refractivity contribution in [2.75, 3.05) is 26.0 Å². The number of fused-ring (bicyclic) bond motifs is 1. The molecule has 0 fully saturated rings. The average molecular weight is 273 g/mol. The summed E-state index contributed by atoms with van der Waals surface area (Å²) in [4.78, 5) is 0. The lowest BCUT2D eigenvalue weighted by molar-refractivity contribution is 0.159. The molecule has 1 atom stereocenters. The molecule has 2 rings (SSSR count). The summed E-state index contributed by atoms with van der Waals surface area (Å²) in [7, 11) is 0.344. The van der Waals surface area contributed by atoms with Crippen molar-refractivity contribution < 1.29 is 13.2 Å². The zero-order valence-electron chi connectivity index (χ0n) is 11.0. The van der Waals surface area contributed by atoms with Gasteiger partial charge in [0, 0.05) is 44.4 Å². The topological polar surface area (TPSA) is 64.4 Å². The van der Waals surface area contributed by atoms with E-state index in [2.05, 4.69) is 5.10 Å². The molecule has 0 N–H and O–H groups in total. The van der Waals surface area contributed by atoms with Gasteiger partial charge < -0.3 is 4.74 Å². The number of nitrogens with zero attached hydrogens (tertiary/aromatic N) is 3. The molecule has 0 bridgehead atoms. The molecule has 7 heteroatoms. The normalized spacial score (nSPS) is 20.9. The Kier molecular flexibility index (Phi) is 3.74. The number of rotatable bonds is 4. The Bertz CT molecular complexity index is 524. The molecule has 1 aliphatic heterocycles. The molecule has 0 amide bonds. The van der Waals surface area contributed by atoms with Crippen LogP contribution >= 0.6 is 0 Å². The maximum atomic E-state index is 12.0. The number of methoxy groups -OCH3 is 1. The van der Waals surface area contributed by atoms with Crippen molar-refractivity contribution in [1.82, 2.24) is 14.1 Å². The first-order chi connectivity index (χ1) is 8.49. The van der Waals surface area contributed by atoms with Gasteiger partial charge in [-0.25, -0.2) is 8.42 Å². The van der Waals surface area contributed by atoms with Gasteiger partial charge in [-0.3, -0.25) is 4.68 Å². The minimum Gasteiger partial charge on any atom is -0.384 e. The highest BCUT2D eigenvalue weighted by Crippen LogP contribution is 2.29. The Morgan fingerprint density at radius 1 is 1.56 bits per heavy atom. The van der Waals surface area contributed by atoms with Crippen LogP contribution in [-0.2, 0) is 28.4 Å². The number of aryl methyl sites for hydroxylation is 1. The average Bonchev–Trinajstić information content (AvgIpc) is 2.72. The molecular formula is C11H19N3O3S. The summed E-state index contributed by atoms with van der Waals surface area (Å²) in [6, 6.07) is 0. The van der Waals surface area contributed by atoms with E-state index in [1.54, 1.807) is 20.2 Å². The fourth-order valence-electron chi connectivity index (χ4n) is 2.45. The van der Waals surface area contributed by atoms with Gasteiger partial charge in [0.25, 0.3) is 0 Å². The predicted octanol–water partition coefficient (Wildman–Crippen LogP) is 0.315. The number of ether oxygens (including phenoxy) is 1. The Morgan fingerprint density at radius 2 is 2.28 bits per heavy atom. The van der Waals surface area contributed by atoms with Crippen molar-refractivity contribution in [2.24, 2.45) is 7.05 Å². The lowest BCUT2D eigenvalue weighted by atomic mass is 9.99. The molecule has 1 aliphatic rings. The van der Waals surface area contributed by atoms with Gasteiger partial charge in [0.1, 0.15) is 0 Å². The molecule has 102 valence electrons. The van der Waals surface area contributed by atoms with Gasteiger partial charge in [-0.1, -0.05) is 0 Å². The molecule has 0 radical (unpaired) electrons. The van der Waals surface area contributed by atoms with Crippen molar-refractivity contribution in [3.05, 3.63) is 17.5 Å². The number of hydrogen-bond donors (Lipinski definition) is 0. The molecular weight excluding hydrogens is 254 g/mol. The van der Waals surface area contributed by atoms with Crippen LogP contribution in [0.5, 0.6) is 0 Å². The molecule has 1 aromatic rings. The third kappa shape index (κ3) is 2.30. The number of aromatic nitrogens is 2.